The summed E-state index contributed by atoms with van der Waals surface area (Å²) in [5, 5.41) is 0. The number of pyridine rings is 1. The molecule has 1 aliphatic rings. The zero-order valence-corrected chi connectivity index (χ0v) is 11.0. The van der Waals surface area contributed by atoms with Crippen LogP contribution in [-0.2, 0) is 0 Å². The predicted octanol–water partition coefficient (Wildman–Crippen LogP) is 1.16. The number of nitrogens with two attached hydrogens (primary N) is 1. The molecule has 1 aliphatic heterocycles. The first-order valence-corrected chi connectivity index (χ1v) is 6.23. The smallest absolute Gasteiger partial charge is 0.131 e. The average molecular weight is 234 g/mol. The molecule has 2 rings (SSSR count). The molecule has 0 radical (unpaired) electrons. The molecule has 1 fully saturated rings. The summed E-state index contributed by atoms with van der Waals surface area (Å²) in [6.07, 6.45) is 1.91. The van der Waals surface area contributed by atoms with Crippen molar-refractivity contribution in [2.24, 2.45) is 5.73 Å². The van der Waals surface area contributed by atoms with Crippen molar-refractivity contribution in [3.63, 3.8) is 0 Å². The summed E-state index contributed by atoms with van der Waals surface area (Å²) in [6.45, 7) is 8.44. The van der Waals surface area contributed by atoms with Gasteiger partial charge in [0.05, 0.1) is 0 Å². The molecule has 2 heterocycles. The molecule has 0 aliphatic carbocycles. The van der Waals surface area contributed by atoms with Crippen molar-refractivity contribution < 1.29 is 0 Å². The minimum atomic E-state index is 0.0581. The SMILES string of the molecule is Cc1cc(C(C)N)cnc1N1CCN(C)CC1. The first-order chi connectivity index (χ1) is 8.08. The van der Waals surface area contributed by atoms with E-state index in [2.05, 4.69) is 34.8 Å². The van der Waals surface area contributed by atoms with Gasteiger partial charge in [0.1, 0.15) is 5.82 Å². The number of likely N-dealkylation sites (N-methyl/N-ethyl adjacent to an activating group) is 1. The van der Waals surface area contributed by atoms with Crippen LogP contribution in [0.1, 0.15) is 24.1 Å². The van der Waals surface area contributed by atoms with Gasteiger partial charge in [-0.3, -0.25) is 0 Å². The molecular formula is C13H22N4. The number of hydrogen-bond donors (Lipinski definition) is 1. The van der Waals surface area contributed by atoms with E-state index in [-0.39, 0.29) is 6.04 Å². The summed E-state index contributed by atoms with van der Waals surface area (Å²) in [6, 6.07) is 2.22. The van der Waals surface area contributed by atoms with Crippen LogP contribution < -0.4 is 10.6 Å². The number of hydrogen-bond acceptors (Lipinski definition) is 4. The van der Waals surface area contributed by atoms with Crippen molar-refractivity contribution in [2.75, 3.05) is 38.1 Å². The van der Waals surface area contributed by atoms with E-state index in [1.807, 2.05) is 13.1 Å². The lowest BCUT2D eigenvalue weighted by atomic mass is 10.1. The largest absolute Gasteiger partial charge is 0.354 e. The normalized spacial score (nSPS) is 19.4. The van der Waals surface area contributed by atoms with Crippen LogP contribution in [0.15, 0.2) is 12.3 Å². The van der Waals surface area contributed by atoms with Gasteiger partial charge >= 0.3 is 0 Å². The molecule has 1 aromatic rings. The van der Waals surface area contributed by atoms with E-state index in [9.17, 15) is 0 Å². The lowest BCUT2D eigenvalue weighted by molar-refractivity contribution is 0.312. The predicted molar refractivity (Wildman–Crippen MR) is 71.3 cm³/mol. The molecule has 94 valence electrons. The highest BCUT2D eigenvalue weighted by Crippen LogP contribution is 2.21. The summed E-state index contributed by atoms with van der Waals surface area (Å²) in [4.78, 5) is 9.29. The van der Waals surface area contributed by atoms with Gasteiger partial charge < -0.3 is 15.5 Å². The molecule has 1 saturated heterocycles. The molecule has 1 atom stereocenters. The zero-order chi connectivity index (χ0) is 12.4. The van der Waals surface area contributed by atoms with Crippen LogP contribution in [-0.4, -0.2) is 43.1 Å². The van der Waals surface area contributed by atoms with E-state index >= 15 is 0 Å². The second-order valence-electron chi connectivity index (χ2n) is 4.99. The molecule has 0 saturated carbocycles. The van der Waals surface area contributed by atoms with E-state index in [4.69, 9.17) is 5.73 Å². The third-order valence-corrected chi connectivity index (χ3v) is 3.40. The first-order valence-electron chi connectivity index (χ1n) is 6.23. The van der Waals surface area contributed by atoms with E-state index < -0.39 is 0 Å². The quantitative estimate of drug-likeness (QED) is 0.834. The van der Waals surface area contributed by atoms with Gasteiger partial charge in [0.15, 0.2) is 0 Å². The minimum absolute atomic E-state index is 0.0581. The Morgan fingerprint density at radius 1 is 1.29 bits per heavy atom. The van der Waals surface area contributed by atoms with E-state index in [0.29, 0.717) is 0 Å². The maximum Gasteiger partial charge on any atom is 0.131 e. The molecule has 2 N–H and O–H groups in total. The van der Waals surface area contributed by atoms with Crippen molar-refractivity contribution in [3.8, 4) is 0 Å². The maximum absolute atomic E-state index is 5.87. The molecule has 4 heteroatoms. The molecule has 0 aromatic carbocycles. The number of nitrogens with zero attached hydrogens (tertiary/aromatic N) is 3. The average Bonchev–Trinajstić information content (AvgIpc) is 2.30. The van der Waals surface area contributed by atoms with Crippen molar-refractivity contribution in [1.82, 2.24) is 9.88 Å². The van der Waals surface area contributed by atoms with Crippen molar-refractivity contribution >= 4 is 5.82 Å². The number of piperazine rings is 1. The lowest BCUT2D eigenvalue weighted by Crippen LogP contribution is -2.45. The van der Waals surface area contributed by atoms with Gasteiger partial charge in [-0.2, -0.15) is 0 Å². The maximum atomic E-state index is 5.87. The Hall–Kier alpha value is -1.13. The Kier molecular flexibility index (Phi) is 3.64. The Bertz CT molecular complexity index is 381. The van der Waals surface area contributed by atoms with Gasteiger partial charge in [-0.05, 0) is 38.1 Å². The fourth-order valence-corrected chi connectivity index (χ4v) is 2.19. The van der Waals surface area contributed by atoms with Gasteiger partial charge in [0, 0.05) is 38.4 Å². The van der Waals surface area contributed by atoms with Gasteiger partial charge in [-0.15, -0.1) is 0 Å². The fourth-order valence-electron chi connectivity index (χ4n) is 2.19. The molecule has 4 nitrogen and oxygen atoms in total. The van der Waals surface area contributed by atoms with Crippen molar-refractivity contribution in [3.05, 3.63) is 23.4 Å². The fraction of sp³-hybridized carbons (Fsp3) is 0.615. The lowest BCUT2D eigenvalue weighted by Gasteiger charge is -2.34. The third-order valence-electron chi connectivity index (χ3n) is 3.40. The van der Waals surface area contributed by atoms with Crippen LogP contribution in [0.25, 0.3) is 0 Å². The summed E-state index contributed by atoms with van der Waals surface area (Å²) in [5.41, 5.74) is 8.21. The second-order valence-corrected chi connectivity index (χ2v) is 4.99. The molecule has 1 unspecified atom stereocenters. The molecule has 0 bridgehead atoms. The molecule has 17 heavy (non-hydrogen) atoms. The third kappa shape index (κ3) is 2.76. The molecule has 0 spiro atoms. The summed E-state index contributed by atoms with van der Waals surface area (Å²) < 4.78 is 0. The zero-order valence-electron chi connectivity index (χ0n) is 11.0. The summed E-state index contributed by atoms with van der Waals surface area (Å²) in [5.74, 6) is 1.11. The highest BCUT2D eigenvalue weighted by atomic mass is 15.3. The van der Waals surface area contributed by atoms with Crippen LogP contribution >= 0.6 is 0 Å². The van der Waals surface area contributed by atoms with Crippen LogP contribution in [0, 0.1) is 6.92 Å². The van der Waals surface area contributed by atoms with E-state index in [1.54, 1.807) is 0 Å². The monoisotopic (exact) mass is 234 g/mol. The molecular weight excluding hydrogens is 212 g/mol. The van der Waals surface area contributed by atoms with Crippen molar-refractivity contribution in [1.29, 1.82) is 0 Å². The Balaban J connectivity index is 2.16. The van der Waals surface area contributed by atoms with E-state index in [0.717, 1.165) is 37.6 Å². The van der Waals surface area contributed by atoms with Gasteiger partial charge in [0.2, 0.25) is 0 Å². The van der Waals surface area contributed by atoms with Crippen molar-refractivity contribution in [2.45, 2.75) is 19.9 Å². The Morgan fingerprint density at radius 2 is 1.94 bits per heavy atom. The number of anilines is 1. The summed E-state index contributed by atoms with van der Waals surface area (Å²) in [7, 11) is 2.16. The number of aromatic nitrogens is 1. The standard InChI is InChI=1S/C13H22N4/c1-10-8-12(11(2)14)9-15-13(10)17-6-4-16(3)5-7-17/h8-9,11H,4-7,14H2,1-3H3. The summed E-state index contributed by atoms with van der Waals surface area (Å²) >= 11 is 0. The van der Waals surface area contributed by atoms with Crippen LogP contribution in [0.2, 0.25) is 0 Å². The number of rotatable bonds is 2. The van der Waals surface area contributed by atoms with Crippen LogP contribution in [0.5, 0.6) is 0 Å². The highest BCUT2D eigenvalue weighted by Gasteiger charge is 2.17. The number of aryl methyl sites for hydroxylation is 1. The minimum Gasteiger partial charge on any atom is -0.354 e. The van der Waals surface area contributed by atoms with Gasteiger partial charge in [0.25, 0.3) is 0 Å². The van der Waals surface area contributed by atoms with Gasteiger partial charge in [-0.25, -0.2) is 4.98 Å². The Morgan fingerprint density at radius 3 is 2.47 bits per heavy atom. The topological polar surface area (TPSA) is 45.4 Å². The van der Waals surface area contributed by atoms with Gasteiger partial charge in [-0.1, -0.05) is 0 Å². The molecule has 0 amide bonds. The highest BCUT2D eigenvalue weighted by molar-refractivity contribution is 5.48. The Labute approximate surface area is 103 Å². The first kappa shape index (κ1) is 12.3. The van der Waals surface area contributed by atoms with Crippen LogP contribution in [0.3, 0.4) is 0 Å². The van der Waals surface area contributed by atoms with Crippen LogP contribution in [0.4, 0.5) is 5.82 Å². The second kappa shape index (κ2) is 5.02. The van der Waals surface area contributed by atoms with E-state index in [1.165, 1.54) is 5.56 Å². The molecule has 1 aromatic heterocycles.